The molecule has 0 bridgehead atoms. The lowest BCUT2D eigenvalue weighted by Gasteiger charge is -2.25. The molecule has 1 heterocycles. The number of hydrogen-bond acceptors (Lipinski definition) is 5. The summed E-state index contributed by atoms with van der Waals surface area (Å²) in [6.45, 7) is 1.74. The third kappa shape index (κ3) is 2.73. The highest BCUT2D eigenvalue weighted by atomic mass is 19.4. The van der Waals surface area contributed by atoms with Crippen LogP contribution >= 0.6 is 0 Å². The van der Waals surface area contributed by atoms with E-state index in [1.54, 1.807) is 6.92 Å². The van der Waals surface area contributed by atoms with Crippen LogP contribution in [0.15, 0.2) is 34.6 Å². The number of carbonyl (C=O) groups excluding carboxylic acids is 1. The molecule has 1 aliphatic heterocycles. The summed E-state index contributed by atoms with van der Waals surface area (Å²) in [7, 11) is 0. The van der Waals surface area contributed by atoms with Crippen molar-refractivity contribution in [3.63, 3.8) is 0 Å². The Labute approximate surface area is 107 Å². The van der Waals surface area contributed by atoms with Crippen LogP contribution < -0.4 is 5.53 Å². The second-order valence-corrected chi connectivity index (χ2v) is 4.07. The van der Waals surface area contributed by atoms with Gasteiger partial charge < -0.3 is 0 Å². The molecule has 1 aromatic rings. The normalized spacial score (nSPS) is 21.2. The van der Waals surface area contributed by atoms with Gasteiger partial charge in [0, 0.05) is 0 Å². The van der Waals surface area contributed by atoms with Crippen LogP contribution in [-0.2, 0) is 11.0 Å². The van der Waals surface area contributed by atoms with Crippen LogP contribution in [0.1, 0.15) is 24.1 Å². The third-order valence-electron chi connectivity index (χ3n) is 2.88. The molecule has 0 saturated carbocycles. The van der Waals surface area contributed by atoms with Crippen molar-refractivity contribution in [2.24, 2.45) is 10.3 Å². The van der Waals surface area contributed by atoms with E-state index in [2.05, 4.69) is 15.9 Å². The van der Waals surface area contributed by atoms with E-state index in [-0.39, 0.29) is 6.04 Å². The van der Waals surface area contributed by atoms with Crippen molar-refractivity contribution in [1.82, 2.24) is 10.5 Å². The molecular weight excluding hydrogens is 261 g/mol. The predicted octanol–water partition coefficient (Wildman–Crippen LogP) is 2.48. The van der Waals surface area contributed by atoms with Gasteiger partial charge in [-0.25, -0.2) is 5.53 Å². The molecule has 5 nitrogen and oxygen atoms in total. The van der Waals surface area contributed by atoms with Gasteiger partial charge in [0.25, 0.3) is 0 Å². The van der Waals surface area contributed by atoms with Crippen LogP contribution in [0.3, 0.4) is 0 Å². The number of nitrogens with one attached hydrogen (secondary N) is 1. The Morgan fingerprint density at radius 3 is 2.53 bits per heavy atom. The molecule has 0 fully saturated rings. The minimum atomic E-state index is -4.36. The van der Waals surface area contributed by atoms with Crippen LogP contribution in [0.2, 0.25) is 0 Å². The second-order valence-electron chi connectivity index (χ2n) is 4.07. The van der Waals surface area contributed by atoms with Crippen molar-refractivity contribution in [1.29, 1.82) is 0 Å². The number of hydrogen-bond donors (Lipinski definition) is 1. The van der Waals surface area contributed by atoms with E-state index < -0.39 is 17.9 Å². The van der Waals surface area contributed by atoms with Crippen molar-refractivity contribution < 1.29 is 18.0 Å². The highest BCUT2D eigenvalue weighted by Crippen LogP contribution is 2.31. The van der Waals surface area contributed by atoms with Gasteiger partial charge in [-0.2, -0.15) is 18.2 Å². The van der Waals surface area contributed by atoms with Gasteiger partial charge in [-0.15, -0.1) is 5.11 Å². The number of carbonyl (C=O) groups is 1. The van der Waals surface area contributed by atoms with E-state index in [0.29, 0.717) is 11.8 Å². The minimum absolute atomic E-state index is 0.340. The third-order valence-corrected chi connectivity index (χ3v) is 2.88. The zero-order valence-corrected chi connectivity index (χ0v) is 9.93. The molecule has 0 radical (unpaired) electrons. The van der Waals surface area contributed by atoms with Crippen molar-refractivity contribution in [3.8, 4) is 0 Å². The van der Waals surface area contributed by atoms with Gasteiger partial charge in [-0.3, -0.25) is 4.79 Å². The van der Waals surface area contributed by atoms with Crippen molar-refractivity contribution in [3.05, 3.63) is 35.4 Å². The van der Waals surface area contributed by atoms with Gasteiger partial charge in [-0.1, -0.05) is 17.4 Å². The molecule has 0 amide bonds. The topological polar surface area (TPSA) is 57.1 Å². The summed E-state index contributed by atoms with van der Waals surface area (Å²) >= 11 is 0. The van der Waals surface area contributed by atoms with E-state index in [1.165, 1.54) is 17.1 Å². The summed E-state index contributed by atoms with van der Waals surface area (Å²) in [6.07, 6.45) is -4.52. The summed E-state index contributed by atoms with van der Waals surface area (Å²) in [4.78, 5) is 10.8. The molecule has 2 unspecified atom stereocenters. The maximum absolute atomic E-state index is 12.4. The Morgan fingerprint density at radius 2 is 2.00 bits per heavy atom. The minimum Gasteiger partial charge on any atom is -0.299 e. The molecule has 0 saturated heterocycles. The largest absolute Gasteiger partial charge is 0.416 e. The Hall–Kier alpha value is -1.96. The maximum Gasteiger partial charge on any atom is 0.416 e. The number of aldehydes is 1. The summed E-state index contributed by atoms with van der Waals surface area (Å²) in [5.74, 6) is 0. The zero-order chi connectivity index (χ0) is 14.0. The van der Waals surface area contributed by atoms with Crippen LogP contribution in [0, 0.1) is 0 Å². The molecular formula is C11H11F3N4O. The van der Waals surface area contributed by atoms with E-state index in [1.807, 2.05) is 0 Å². The highest BCUT2D eigenvalue weighted by Gasteiger charge is 2.31. The molecule has 1 N–H and O–H groups in total. The number of halogens is 3. The number of hydrazine groups is 1. The lowest BCUT2D eigenvalue weighted by Crippen LogP contribution is -2.40. The number of alkyl halides is 3. The molecule has 2 atom stereocenters. The van der Waals surface area contributed by atoms with Gasteiger partial charge in [-0.05, 0) is 24.6 Å². The van der Waals surface area contributed by atoms with Gasteiger partial charge in [0.05, 0.1) is 11.6 Å². The smallest absolute Gasteiger partial charge is 0.299 e. The Kier molecular flexibility index (Phi) is 3.52. The van der Waals surface area contributed by atoms with E-state index in [4.69, 9.17) is 0 Å². The fourth-order valence-electron chi connectivity index (χ4n) is 1.77. The van der Waals surface area contributed by atoms with Gasteiger partial charge >= 0.3 is 6.18 Å². The van der Waals surface area contributed by atoms with Crippen LogP contribution in [0.4, 0.5) is 13.2 Å². The van der Waals surface area contributed by atoms with Crippen molar-refractivity contribution >= 4 is 6.29 Å². The first-order valence-corrected chi connectivity index (χ1v) is 5.50. The van der Waals surface area contributed by atoms with Crippen LogP contribution in [0.5, 0.6) is 0 Å². The average molecular weight is 272 g/mol. The lowest BCUT2D eigenvalue weighted by molar-refractivity contribution is -0.137. The van der Waals surface area contributed by atoms with E-state index in [0.717, 1.165) is 12.1 Å². The summed E-state index contributed by atoms with van der Waals surface area (Å²) in [5, 5.41) is 8.59. The van der Waals surface area contributed by atoms with Gasteiger partial charge in [0.1, 0.15) is 0 Å². The fourth-order valence-corrected chi connectivity index (χ4v) is 1.77. The summed E-state index contributed by atoms with van der Waals surface area (Å²) < 4.78 is 37.3. The quantitative estimate of drug-likeness (QED) is 0.860. The maximum atomic E-state index is 12.4. The van der Waals surface area contributed by atoms with Gasteiger partial charge in [0.2, 0.25) is 0 Å². The van der Waals surface area contributed by atoms with E-state index in [9.17, 15) is 18.0 Å². The number of rotatable bonds is 3. The molecule has 2 rings (SSSR count). The summed E-state index contributed by atoms with van der Waals surface area (Å²) in [5.41, 5.74) is 2.45. The fraction of sp³-hybridized carbons (Fsp3) is 0.364. The lowest BCUT2D eigenvalue weighted by atomic mass is 10.1. The van der Waals surface area contributed by atoms with Crippen LogP contribution in [0.25, 0.3) is 0 Å². The van der Waals surface area contributed by atoms with Crippen molar-refractivity contribution in [2.45, 2.75) is 25.3 Å². The standard InChI is InChI=1S/C11H11F3N4O/c1-7(18-10(6-19)15-16-17-18)8-2-4-9(5-3-8)11(12,13)14/h2-7,10H,1H3,(H,15,17). The zero-order valence-electron chi connectivity index (χ0n) is 9.93. The second kappa shape index (κ2) is 4.96. The Morgan fingerprint density at radius 1 is 1.37 bits per heavy atom. The molecule has 1 aromatic carbocycles. The molecule has 0 spiro atoms. The summed E-state index contributed by atoms with van der Waals surface area (Å²) in [6, 6.07) is 4.41. The Balaban J connectivity index is 2.16. The van der Waals surface area contributed by atoms with Crippen molar-refractivity contribution in [2.75, 3.05) is 0 Å². The molecule has 0 aliphatic carbocycles. The average Bonchev–Trinajstić information content (AvgIpc) is 2.85. The SMILES string of the molecule is CC(c1ccc(C(F)(F)F)cc1)N1NN=NC1C=O. The molecule has 1 aliphatic rings. The highest BCUT2D eigenvalue weighted by molar-refractivity contribution is 5.57. The molecule has 19 heavy (non-hydrogen) atoms. The number of nitrogens with zero attached hydrogens (tertiary/aromatic N) is 3. The monoisotopic (exact) mass is 272 g/mol. The Bertz CT molecular complexity index is 486. The first kappa shape index (κ1) is 13.5. The van der Waals surface area contributed by atoms with Crippen LogP contribution in [-0.4, -0.2) is 17.5 Å². The number of benzene rings is 1. The van der Waals surface area contributed by atoms with Gasteiger partial charge in [0.15, 0.2) is 12.5 Å². The molecule has 0 aromatic heterocycles. The first-order valence-electron chi connectivity index (χ1n) is 5.50. The molecule has 8 heteroatoms. The van der Waals surface area contributed by atoms with E-state index >= 15 is 0 Å². The predicted molar refractivity (Wildman–Crippen MR) is 59.5 cm³/mol. The molecule has 102 valence electrons. The first-order chi connectivity index (χ1) is 8.93.